The molecule has 6 rings (SSSR count). The van der Waals surface area contributed by atoms with E-state index in [0.717, 1.165) is 33.0 Å². The van der Waals surface area contributed by atoms with Gasteiger partial charge in [-0.25, -0.2) is 0 Å². The normalized spacial score (nSPS) is 11.2. The van der Waals surface area contributed by atoms with Crippen molar-refractivity contribution in [2.45, 2.75) is 12.8 Å². The number of ether oxygens (including phenoxy) is 1. The van der Waals surface area contributed by atoms with E-state index in [9.17, 15) is 4.79 Å². The Kier molecular flexibility index (Phi) is 7.31. The number of methoxy groups -OCH3 is 1. The van der Waals surface area contributed by atoms with Crippen LogP contribution in [-0.4, -0.2) is 13.0 Å². The predicted octanol–water partition coefficient (Wildman–Crippen LogP) is 6.84. The Morgan fingerprint density at radius 3 is 1.98 bits per heavy atom. The molecule has 3 nitrogen and oxygen atoms in total. The highest BCUT2D eigenvalue weighted by molar-refractivity contribution is 7.80. The SMILES string of the molecule is COc1ccc2ccccc2c1-c1c(P(c2ccccc2)c2ccccc2)ccc2cc(CCC(N)=O)ccc12. The zero-order valence-corrected chi connectivity index (χ0v) is 23.3. The summed E-state index contributed by atoms with van der Waals surface area (Å²) in [5, 5.41) is 8.48. The average molecular weight is 540 g/mol. The lowest BCUT2D eigenvalue weighted by Crippen LogP contribution is -2.22. The Balaban J connectivity index is 1.71. The second-order valence-electron chi connectivity index (χ2n) is 9.85. The van der Waals surface area contributed by atoms with Crippen molar-refractivity contribution >= 4 is 51.3 Å². The Morgan fingerprint density at radius 2 is 1.30 bits per heavy atom. The van der Waals surface area contributed by atoms with Gasteiger partial charge < -0.3 is 10.5 Å². The highest BCUT2D eigenvalue weighted by atomic mass is 31.1. The largest absolute Gasteiger partial charge is 0.496 e. The van der Waals surface area contributed by atoms with Gasteiger partial charge >= 0.3 is 0 Å². The molecule has 40 heavy (non-hydrogen) atoms. The second kappa shape index (κ2) is 11.3. The molecule has 0 unspecified atom stereocenters. The number of fused-ring (bicyclic) bond motifs is 2. The number of carbonyl (C=O) groups excluding carboxylic acids is 1. The van der Waals surface area contributed by atoms with Crippen molar-refractivity contribution in [1.82, 2.24) is 0 Å². The highest BCUT2D eigenvalue weighted by Crippen LogP contribution is 2.45. The zero-order valence-electron chi connectivity index (χ0n) is 22.4. The van der Waals surface area contributed by atoms with Crippen LogP contribution >= 0.6 is 7.92 Å². The first kappa shape index (κ1) is 25.8. The summed E-state index contributed by atoms with van der Waals surface area (Å²) in [7, 11) is 0.871. The number of benzene rings is 6. The highest BCUT2D eigenvalue weighted by Gasteiger charge is 2.25. The Bertz CT molecular complexity index is 1780. The van der Waals surface area contributed by atoms with Crippen molar-refractivity contribution in [2.24, 2.45) is 5.73 Å². The van der Waals surface area contributed by atoms with Gasteiger partial charge in [-0.2, -0.15) is 0 Å². The summed E-state index contributed by atoms with van der Waals surface area (Å²) >= 11 is 0. The van der Waals surface area contributed by atoms with E-state index in [1.54, 1.807) is 7.11 Å². The van der Waals surface area contributed by atoms with Crippen LogP contribution in [0.15, 0.2) is 127 Å². The van der Waals surface area contributed by atoms with E-state index in [0.29, 0.717) is 12.8 Å². The molecule has 196 valence electrons. The van der Waals surface area contributed by atoms with Crippen molar-refractivity contribution in [3.63, 3.8) is 0 Å². The second-order valence-corrected chi connectivity index (χ2v) is 12.0. The van der Waals surface area contributed by atoms with Crippen LogP contribution < -0.4 is 26.4 Å². The first-order valence-corrected chi connectivity index (χ1v) is 14.8. The summed E-state index contributed by atoms with van der Waals surface area (Å²) in [5.74, 6) is 0.564. The van der Waals surface area contributed by atoms with E-state index >= 15 is 0 Å². The van der Waals surface area contributed by atoms with E-state index in [1.165, 1.54) is 26.9 Å². The number of amides is 1. The number of hydrogen-bond donors (Lipinski definition) is 1. The number of aryl methyl sites for hydroxylation is 1. The Morgan fingerprint density at radius 1 is 0.675 bits per heavy atom. The molecule has 6 aromatic rings. The summed E-state index contributed by atoms with van der Waals surface area (Å²) in [6.45, 7) is 0. The molecule has 0 atom stereocenters. The van der Waals surface area contributed by atoms with Gasteiger partial charge in [0.25, 0.3) is 0 Å². The van der Waals surface area contributed by atoms with Crippen LogP contribution in [0, 0.1) is 0 Å². The van der Waals surface area contributed by atoms with Gasteiger partial charge in [-0.1, -0.05) is 121 Å². The molecule has 0 aromatic heterocycles. The Hall–Kier alpha value is -4.46. The molecule has 0 spiro atoms. The molecule has 0 saturated heterocycles. The third-order valence-electron chi connectivity index (χ3n) is 7.35. The molecular formula is C36H30NO2P. The van der Waals surface area contributed by atoms with Crippen molar-refractivity contribution < 1.29 is 9.53 Å². The van der Waals surface area contributed by atoms with Crippen molar-refractivity contribution in [3.05, 3.63) is 133 Å². The average Bonchev–Trinajstić information content (AvgIpc) is 3.00. The number of nitrogens with two attached hydrogens (primary N) is 1. The maximum atomic E-state index is 11.5. The van der Waals surface area contributed by atoms with Gasteiger partial charge in [0.1, 0.15) is 5.75 Å². The van der Waals surface area contributed by atoms with Gasteiger partial charge in [0, 0.05) is 17.5 Å². The van der Waals surface area contributed by atoms with Gasteiger partial charge in [0.2, 0.25) is 5.91 Å². The lowest BCUT2D eigenvalue weighted by atomic mass is 9.92. The minimum Gasteiger partial charge on any atom is -0.496 e. The van der Waals surface area contributed by atoms with E-state index in [-0.39, 0.29) is 5.91 Å². The molecule has 0 aliphatic carbocycles. The lowest BCUT2D eigenvalue weighted by molar-refractivity contribution is -0.117. The minimum atomic E-state index is -0.876. The smallest absolute Gasteiger partial charge is 0.217 e. The molecule has 0 fully saturated rings. The van der Waals surface area contributed by atoms with Crippen molar-refractivity contribution in [2.75, 3.05) is 7.11 Å². The molecule has 0 aliphatic heterocycles. The molecule has 0 bridgehead atoms. The van der Waals surface area contributed by atoms with Crippen LogP contribution in [0.3, 0.4) is 0 Å². The summed E-state index contributed by atoms with van der Waals surface area (Å²) in [6.07, 6.45) is 0.960. The van der Waals surface area contributed by atoms with Gasteiger partial charge in [0.05, 0.1) is 7.11 Å². The summed E-state index contributed by atoms with van der Waals surface area (Å²) < 4.78 is 6.05. The van der Waals surface area contributed by atoms with Crippen LogP contribution in [0.4, 0.5) is 0 Å². The lowest BCUT2D eigenvalue weighted by Gasteiger charge is -2.25. The molecular weight excluding hydrogens is 509 g/mol. The number of hydrogen-bond acceptors (Lipinski definition) is 2. The topological polar surface area (TPSA) is 52.3 Å². The minimum absolute atomic E-state index is 0.284. The van der Waals surface area contributed by atoms with E-state index in [1.807, 2.05) is 0 Å². The summed E-state index contributed by atoms with van der Waals surface area (Å²) in [6, 6.07) is 45.3. The molecule has 2 N–H and O–H groups in total. The molecule has 0 heterocycles. The first-order valence-electron chi connectivity index (χ1n) is 13.4. The fourth-order valence-electron chi connectivity index (χ4n) is 5.50. The van der Waals surface area contributed by atoms with Crippen LogP contribution in [0.1, 0.15) is 12.0 Å². The quantitative estimate of drug-likeness (QED) is 0.215. The molecule has 0 aliphatic rings. The van der Waals surface area contributed by atoms with Crippen molar-refractivity contribution in [3.8, 4) is 16.9 Å². The third kappa shape index (κ3) is 4.97. The number of carbonyl (C=O) groups is 1. The fourth-order valence-corrected chi connectivity index (χ4v) is 7.98. The maximum absolute atomic E-state index is 11.5. The van der Waals surface area contributed by atoms with Crippen molar-refractivity contribution in [1.29, 1.82) is 0 Å². The first-order chi connectivity index (χ1) is 19.6. The molecule has 0 radical (unpaired) electrons. The number of rotatable bonds is 8. The Labute approximate surface area is 236 Å². The van der Waals surface area contributed by atoms with Crippen LogP contribution in [-0.2, 0) is 11.2 Å². The van der Waals surface area contributed by atoms with Crippen LogP contribution in [0.5, 0.6) is 5.75 Å². The zero-order chi connectivity index (χ0) is 27.5. The molecule has 4 heteroatoms. The molecule has 0 saturated carbocycles. The van der Waals surface area contributed by atoms with Gasteiger partial charge in [-0.15, -0.1) is 0 Å². The third-order valence-corrected chi connectivity index (χ3v) is 9.84. The van der Waals surface area contributed by atoms with E-state index in [2.05, 4.69) is 127 Å². The van der Waals surface area contributed by atoms with Crippen LogP contribution in [0.2, 0.25) is 0 Å². The molecule has 6 aromatic carbocycles. The monoisotopic (exact) mass is 539 g/mol. The van der Waals surface area contributed by atoms with Gasteiger partial charge in [0.15, 0.2) is 0 Å². The maximum Gasteiger partial charge on any atom is 0.217 e. The van der Waals surface area contributed by atoms with E-state index in [4.69, 9.17) is 10.5 Å². The van der Waals surface area contributed by atoms with Gasteiger partial charge in [-0.05, 0) is 63.4 Å². The van der Waals surface area contributed by atoms with E-state index < -0.39 is 7.92 Å². The number of primary amides is 1. The predicted molar refractivity (Wildman–Crippen MR) is 170 cm³/mol. The fraction of sp³-hybridized carbons (Fsp3) is 0.0833. The summed E-state index contributed by atoms with van der Waals surface area (Å²) in [5.41, 5.74) is 8.84. The molecule has 1 amide bonds. The van der Waals surface area contributed by atoms with Gasteiger partial charge in [-0.3, -0.25) is 4.79 Å². The van der Waals surface area contributed by atoms with Crippen LogP contribution in [0.25, 0.3) is 32.7 Å². The standard InChI is InChI=1S/C36H30NO2P/c1-39-32-21-18-26-10-8-9-15-30(26)35(32)36-31-20-16-25(17-23-34(37)38)24-27(31)19-22-33(36)40(28-11-4-2-5-12-28)29-13-6-3-7-14-29/h2-16,18-22,24H,17,23H2,1H3,(H2,37,38). The summed E-state index contributed by atoms with van der Waals surface area (Å²) in [4.78, 5) is 11.5.